The van der Waals surface area contributed by atoms with E-state index in [0.29, 0.717) is 27.8 Å². The zero-order valence-electron chi connectivity index (χ0n) is 11.1. The third-order valence-electron chi connectivity index (χ3n) is 2.65. The first-order chi connectivity index (χ1) is 9.52. The Morgan fingerprint density at radius 3 is 2.90 bits per heavy atom. The van der Waals surface area contributed by atoms with Gasteiger partial charge in [0.25, 0.3) is 5.91 Å². The monoisotopic (exact) mass is 293 g/mol. The lowest BCUT2D eigenvalue weighted by molar-refractivity contribution is 0.0955. The molecule has 0 spiro atoms. The first-order valence-electron chi connectivity index (χ1n) is 6.00. The molecular weight excluding hydrogens is 278 g/mol. The van der Waals surface area contributed by atoms with Crippen molar-refractivity contribution in [2.45, 2.75) is 17.0 Å². The summed E-state index contributed by atoms with van der Waals surface area (Å²) < 4.78 is 1.38. The summed E-state index contributed by atoms with van der Waals surface area (Å²) in [6.45, 7) is 2.41. The average Bonchev–Trinajstić information content (AvgIpc) is 2.73. The van der Waals surface area contributed by atoms with Crippen LogP contribution in [0.2, 0.25) is 0 Å². The minimum Gasteiger partial charge on any atom is -0.398 e. The van der Waals surface area contributed by atoms with Crippen LogP contribution in [0.5, 0.6) is 0 Å². The van der Waals surface area contributed by atoms with Crippen LogP contribution in [0.1, 0.15) is 17.3 Å². The highest BCUT2D eigenvalue weighted by Crippen LogP contribution is 2.30. The van der Waals surface area contributed by atoms with Gasteiger partial charge in [-0.3, -0.25) is 9.36 Å². The maximum absolute atomic E-state index is 11.8. The van der Waals surface area contributed by atoms with Crippen molar-refractivity contribution in [3.63, 3.8) is 0 Å². The number of hydrogen-bond donors (Lipinski definition) is 3. The van der Waals surface area contributed by atoms with E-state index < -0.39 is 0 Å². The minimum atomic E-state index is -0.300. The lowest BCUT2D eigenvalue weighted by atomic mass is 10.2. The molecule has 106 valence electrons. The Balaban J connectivity index is 2.31. The molecule has 0 atom stereocenters. The predicted octanol–water partition coefficient (Wildman–Crippen LogP) is 0.591. The SMILES string of the molecule is CCNC(=O)c1ccc(N)c(Sc2n[nH]c(=O)n2C)c1. The molecule has 0 aliphatic heterocycles. The molecule has 20 heavy (non-hydrogen) atoms. The van der Waals surface area contributed by atoms with Crippen LogP contribution >= 0.6 is 11.8 Å². The molecule has 0 fully saturated rings. The van der Waals surface area contributed by atoms with E-state index in [1.54, 1.807) is 25.2 Å². The zero-order valence-corrected chi connectivity index (χ0v) is 12.0. The van der Waals surface area contributed by atoms with Gasteiger partial charge in [0.1, 0.15) is 0 Å². The Bertz CT molecular complexity index is 691. The third kappa shape index (κ3) is 2.85. The molecule has 1 aromatic heterocycles. The standard InChI is InChI=1S/C12H15N5O2S/c1-3-14-10(18)7-4-5-8(13)9(6-7)20-12-16-15-11(19)17(12)2/h4-6H,3,13H2,1-2H3,(H,14,18)(H,15,19). The van der Waals surface area contributed by atoms with Gasteiger partial charge in [-0.15, -0.1) is 5.10 Å². The van der Waals surface area contributed by atoms with Gasteiger partial charge in [-0.05, 0) is 36.9 Å². The fourth-order valence-corrected chi connectivity index (χ4v) is 2.43. The number of carbonyl (C=O) groups excluding carboxylic acids is 1. The quantitative estimate of drug-likeness (QED) is 0.715. The Kier molecular flexibility index (Phi) is 4.14. The van der Waals surface area contributed by atoms with E-state index in [1.165, 1.54) is 16.3 Å². The first-order valence-corrected chi connectivity index (χ1v) is 6.81. The van der Waals surface area contributed by atoms with E-state index in [9.17, 15) is 9.59 Å². The van der Waals surface area contributed by atoms with Gasteiger partial charge in [0.15, 0.2) is 5.16 Å². The van der Waals surface area contributed by atoms with Crippen molar-refractivity contribution < 1.29 is 4.79 Å². The third-order valence-corrected chi connectivity index (χ3v) is 3.77. The van der Waals surface area contributed by atoms with Crippen LogP contribution < -0.4 is 16.7 Å². The number of aromatic amines is 1. The van der Waals surface area contributed by atoms with Gasteiger partial charge in [-0.2, -0.15) is 0 Å². The highest BCUT2D eigenvalue weighted by Gasteiger charge is 2.12. The summed E-state index contributed by atoms with van der Waals surface area (Å²) in [6.07, 6.45) is 0. The lowest BCUT2D eigenvalue weighted by Crippen LogP contribution is -2.22. The molecule has 0 radical (unpaired) electrons. The van der Waals surface area contributed by atoms with Gasteiger partial charge in [0.2, 0.25) is 0 Å². The van der Waals surface area contributed by atoms with Crippen molar-refractivity contribution in [3.8, 4) is 0 Å². The number of anilines is 1. The molecule has 0 bridgehead atoms. The van der Waals surface area contributed by atoms with E-state index in [-0.39, 0.29) is 11.6 Å². The molecule has 4 N–H and O–H groups in total. The van der Waals surface area contributed by atoms with E-state index in [2.05, 4.69) is 15.5 Å². The number of nitrogens with zero attached hydrogens (tertiary/aromatic N) is 2. The second-order valence-corrected chi connectivity index (χ2v) is 5.09. The highest BCUT2D eigenvalue weighted by atomic mass is 32.2. The van der Waals surface area contributed by atoms with E-state index in [1.807, 2.05) is 6.92 Å². The van der Waals surface area contributed by atoms with Crippen LogP contribution in [0.25, 0.3) is 0 Å². The average molecular weight is 293 g/mol. The topological polar surface area (TPSA) is 106 Å². The van der Waals surface area contributed by atoms with E-state index in [4.69, 9.17) is 5.73 Å². The molecule has 0 aliphatic rings. The van der Waals surface area contributed by atoms with Crippen molar-refractivity contribution in [2.75, 3.05) is 12.3 Å². The molecule has 0 saturated carbocycles. The van der Waals surface area contributed by atoms with E-state index >= 15 is 0 Å². The number of carbonyl (C=O) groups is 1. The summed E-state index contributed by atoms with van der Waals surface area (Å²) >= 11 is 1.23. The van der Waals surface area contributed by atoms with E-state index in [0.717, 1.165) is 0 Å². The largest absolute Gasteiger partial charge is 0.398 e. The highest BCUT2D eigenvalue weighted by molar-refractivity contribution is 7.99. The van der Waals surface area contributed by atoms with Gasteiger partial charge < -0.3 is 11.1 Å². The molecule has 0 aliphatic carbocycles. The van der Waals surface area contributed by atoms with Crippen molar-refractivity contribution in [1.29, 1.82) is 0 Å². The number of benzene rings is 1. The van der Waals surface area contributed by atoms with Crippen LogP contribution in [0.3, 0.4) is 0 Å². The maximum Gasteiger partial charge on any atom is 0.343 e. The molecule has 8 heteroatoms. The maximum atomic E-state index is 11.8. The molecule has 2 aromatic rings. The van der Waals surface area contributed by atoms with Gasteiger partial charge in [-0.25, -0.2) is 9.89 Å². The molecular formula is C12H15N5O2S. The normalized spacial score (nSPS) is 10.5. The number of aromatic nitrogens is 3. The van der Waals surface area contributed by atoms with Crippen LogP contribution in [-0.4, -0.2) is 27.2 Å². The Hall–Kier alpha value is -2.22. The number of nitrogens with two attached hydrogens (primary N) is 1. The first kappa shape index (κ1) is 14.2. The summed E-state index contributed by atoms with van der Waals surface area (Å²) in [5.74, 6) is -0.162. The molecule has 1 amide bonds. The van der Waals surface area contributed by atoms with Crippen molar-refractivity contribution in [2.24, 2.45) is 7.05 Å². The summed E-state index contributed by atoms with van der Waals surface area (Å²) in [4.78, 5) is 23.8. The van der Waals surface area contributed by atoms with Gasteiger partial charge in [0, 0.05) is 29.7 Å². The van der Waals surface area contributed by atoms with Crippen LogP contribution in [0.4, 0.5) is 5.69 Å². The van der Waals surface area contributed by atoms with Crippen molar-refractivity contribution >= 4 is 23.4 Å². The Morgan fingerprint density at radius 2 is 2.30 bits per heavy atom. The molecule has 7 nitrogen and oxygen atoms in total. The number of H-pyrrole nitrogens is 1. The second kappa shape index (κ2) is 5.83. The Labute approximate surface area is 119 Å². The number of amides is 1. The predicted molar refractivity (Wildman–Crippen MR) is 76.8 cm³/mol. The van der Waals surface area contributed by atoms with Crippen LogP contribution in [-0.2, 0) is 7.05 Å². The number of nitrogen functional groups attached to an aromatic ring is 1. The number of hydrogen-bond acceptors (Lipinski definition) is 5. The number of rotatable bonds is 4. The Morgan fingerprint density at radius 1 is 1.55 bits per heavy atom. The number of nitrogens with one attached hydrogen (secondary N) is 2. The lowest BCUT2D eigenvalue weighted by Gasteiger charge is -2.07. The minimum absolute atomic E-state index is 0.162. The fourth-order valence-electron chi connectivity index (χ4n) is 1.55. The molecule has 1 aromatic carbocycles. The summed E-state index contributed by atoms with van der Waals surface area (Å²) in [5, 5.41) is 9.45. The summed E-state index contributed by atoms with van der Waals surface area (Å²) in [6, 6.07) is 5.01. The summed E-state index contributed by atoms with van der Waals surface area (Å²) in [7, 11) is 1.61. The molecule has 1 heterocycles. The van der Waals surface area contributed by atoms with Gasteiger partial charge in [0.05, 0.1) is 0 Å². The van der Waals surface area contributed by atoms with Crippen LogP contribution in [0.15, 0.2) is 33.0 Å². The van der Waals surface area contributed by atoms with Crippen LogP contribution in [0, 0.1) is 0 Å². The zero-order chi connectivity index (χ0) is 14.7. The van der Waals surface area contributed by atoms with Crippen molar-refractivity contribution in [3.05, 3.63) is 34.2 Å². The fraction of sp³-hybridized carbons (Fsp3) is 0.250. The second-order valence-electron chi connectivity index (χ2n) is 4.08. The molecule has 0 saturated heterocycles. The van der Waals surface area contributed by atoms with Gasteiger partial charge >= 0.3 is 5.69 Å². The summed E-state index contributed by atoms with van der Waals surface area (Å²) in [5.41, 5.74) is 6.63. The van der Waals surface area contributed by atoms with Gasteiger partial charge in [-0.1, -0.05) is 0 Å². The van der Waals surface area contributed by atoms with Crippen molar-refractivity contribution in [1.82, 2.24) is 20.1 Å². The molecule has 2 rings (SSSR count). The smallest absolute Gasteiger partial charge is 0.343 e. The molecule has 0 unspecified atom stereocenters.